The van der Waals surface area contributed by atoms with Gasteiger partial charge in [0, 0.05) is 16.9 Å². The van der Waals surface area contributed by atoms with Crippen LogP contribution in [0, 0.1) is 25.2 Å². The fourth-order valence-corrected chi connectivity index (χ4v) is 4.02. The average Bonchev–Trinajstić information content (AvgIpc) is 3.47. The van der Waals surface area contributed by atoms with Crippen LogP contribution < -0.4 is 5.32 Å². The van der Waals surface area contributed by atoms with Gasteiger partial charge >= 0.3 is 0 Å². The SMILES string of the molecule is Cc1ccc(Nc2ccc3c(c2)ncn3-c2ccc([C@H](C)OI)c(-n3nc(C#N)cc3C)n2)nn1. The van der Waals surface area contributed by atoms with Gasteiger partial charge in [0.1, 0.15) is 41.2 Å². The minimum absolute atomic E-state index is 0.223. The Balaban J connectivity index is 1.55. The van der Waals surface area contributed by atoms with Crippen LogP contribution in [0.25, 0.3) is 22.7 Å². The molecule has 0 saturated carbocycles. The Hall–Kier alpha value is -3.89. The molecule has 5 rings (SSSR count). The van der Waals surface area contributed by atoms with Crippen LogP contribution in [-0.2, 0) is 3.07 Å². The number of nitriles is 1. The smallest absolute Gasteiger partial charge is 0.163 e. The molecule has 4 aromatic heterocycles. The van der Waals surface area contributed by atoms with E-state index < -0.39 is 0 Å². The lowest BCUT2D eigenvalue weighted by Crippen LogP contribution is -2.11. The molecule has 0 aliphatic carbocycles. The van der Waals surface area contributed by atoms with Gasteiger partial charge in [0.25, 0.3) is 0 Å². The van der Waals surface area contributed by atoms with Crippen LogP contribution in [0.4, 0.5) is 11.5 Å². The van der Waals surface area contributed by atoms with Crippen molar-refractivity contribution >= 4 is 45.5 Å². The molecule has 1 atom stereocenters. The second kappa shape index (κ2) is 9.40. The highest BCUT2D eigenvalue weighted by Gasteiger charge is 2.19. The Labute approximate surface area is 215 Å². The number of aromatic nitrogens is 7. The number of pyridine rings is 1. The van der Waals surface area contributed by atoms with Crippen molar-refractivity contribution in [3.8, 4) is 17.7 Å². The van der Waals surface area contributed by atoms with E-state index in [2.05, 4.69) is 31.7 Å². The van der Waals surface area contributed by atoms with Gasteiger partial charge in [0.05, 0.1) is 22.8 Å². The third-order valence-electron chi connectivity index (χ3n) is 5.53. The summed E-state index contributed by atoms with van der Waals surface area (Å²) in [5, 5.41) is 25.2. The number of nitrogens with zero attached hydrogens (tertiary/aromatic N) is 8. The van der Waals surface area contributed by atoms with Crippen molar-refractivity contribution < 1.29 is 3.07 Å². The fourth-order valence-electron chi connectivity index (χ4n) is 3.75. The molecule has 1 N–H and O–H groups in total. The molecule has 11 heteroatoms. The number of imidazole rings is 1. The van der Waals surface area contributed by atoms with E-state index in [1.54, 1.807) is 17.1 Å². The minimum atomic E-state index is -0.223. The lowest BCUT2D eigenvalue weighted by Gasteiger charge is -2.16. The van der Waals surface area contributed by atoms with Gasteiger partial charge < -0.3 is 8.38 Å². The van der Waals surface area contributed by atoms with E-state index >= 15 is 0 Å². The van der Waals surface area contributed by atoms with Crippen molar-refractivity contribution in [3.05, 3.63) is 77.5 Å². The van der Waals surface area contributed by atoms with E-state index in [0.717, 1.165) is 33.7 Å². The highest BCUT2D eigenvalue weighted by Crippen LogP contribution is 2.28. The van der Waals surface area contributed by atoms with Gasteiger partial charge in [-0.3, -0.25) is 4.57 Å². The molecule has 0 unspecified atom stereocenters. The van der Waals surface area contributed by atoms with Gasteiger partial charge in [-0.25, -0.2) is 14.6 Å². The zero-order valence-corrected chi connectivity index (χ0v) is 21.3. The van der Waals surface area contributed by atoms with Crippen LogP contribution in [0.3, 0.4) is 0 Å². The number of hydrogen-bond acceptors (Lipinski definition) is 8. The summed E-state index contributed by atoms with van der Waals surface area (Å²) in [5.74, 6) is 1.93. The van der Waals surface area contributed by atoms with Crippen molar-refractivity contribution in [1.29, 1.82) is 5.26 Å². The number of halogens is 1. The Morgan fingerprint density at radius 2 is 1.94 bits per heavy atom. The number of benzene rings is 1. The number of aryl methyl sites for hydroxylation is 2. The summed E-state index contributed by atoms with van der Waals surface area (Å²) in [5.41, 5.74) is 5.39. The first-order valence-corrected chi connectivity index (χ1v) is 11.6. The quantitative estimate of drug-likeness (QED) is 0.279. The number of hydrogen-bond donors (Lipinski definition) is 1. The van der Waals surface area contributed by atoms with Gasteiger partial charge in [-0.15, -0.1) is 5.10 Å². The molecule has 0 aliphatic rings. The van der Waals surface area contributed by atoms with E-state index in [1.165, 1.54) is 0 Å². The maximum atomic E-state index is 9.30. The number of fused-ring (bicyclic) bond motifs is 1. The van der Waals surface area contributed by atoms with E-state index in [0.29, 0.717) is 23.1 Å². The maximum Gasteiger partial charge on any atom is 0.163 e. The third kappa shape index (κ3) is 4.45. The highest BCUT2D eigenvalue weighted by atomic mass is 127. The van der Waals surface area contributed by atoms with Crippen molar-refractivity contribution in [2.75, 3.05) is 5.32 Å². The molecule has 174 valence electrons. The zero-order valence-electron chi connectivity index (χ0n) is 19.1. The Kier molecular flexibility index (Phi) is 6.14. The molecule has 1 aromatic carbocycles. The molecule has 10 nitrogen and oxygen atoms in total. The third-order valence-corrected chi connectivity index (χ3v) is 6.29. The molecule has 0 saturated heterocycles. The van der Waals surface area contributed by atoms with Crippen molar-refractivity contribution in [2.45, 2.75) is 26.9 Å². The summed E-state index contributed by atoms with van der Waals surface area (Å²) < 4.78 is 9.12. The van der Waals surface area contributed by atoms with Crippen molar-refractivity contribution in [1.82, 2.24) is 34.5 Å². The first-order chi connectivity index (χ1) is 17.0. The fraction of sp³-hybridized carbons (Fsp3) is 0.167. The van der Waals surface area contributed by atoms with E-state index in [1.807, 2.05) is 90.8 Å². The summed E-state index contributed by atoms with van der Waals surface area (Å²) in [6.45, 7) is 5.73. The highest BCUT2D eigenvalue weighted by molar-refractivity contribution is 14.1. The summed E-state index contributed by atoms with van der Waals surface area (Å²) in [4.78, 5) is 9.49. The molecular weight excluding hydrogens is 557 g/mol. The topological polar surface area (TPSA) is 119 Å². The zero-order chi connectivity index (χ0) is 24.5. The average molecular weight is 577 g/mol. The Morgan fingerprint density at radius 3 is 2.66 bits per heavy atom. The van der Waals surface area contributed by atoms with Crippen LogP contribution in [0.5, 0.6) is 0 Å². The molecule has 4 heterocycles. The van der Waals surface area contributed by atoms with Gasteiger partial charge in [-0.05, 0) is 69.3 Å². The molecule has 0 bridgehead atoms. The summed E-state index contributed by atoms with van der Waals surface area (Å²) in [7, 11) is 0. The molecular formula is C24H20IN9O. The van der Waals surface area contributed by atoms with Crippen LogP contribution >= 0.6 is 23.0 Å². The summed E-state index contributed by atoms with van der Waals surface area (Å²) in [6, 6.07) is 17.4. The van der Waals surface area contributed by atoms with Crippen LogP contribution in [0.15, 0.2) is 54.9 Å². The van der Waals surface area contributed by atoms with Gasteiger partial charge in [-0.2, -0.15) is 15.5 Å². The second-order valence-corrected chi connectivity index (χ2v) is 8.52. The van der Waals surface area contributed by atoms with Crippen LogP contribution in [0.1, 0.15) is 35.7 Å². The first kappa shape index (κ1) is 22.9. The lowest BCUT2D eigenvalue weighted by atomic mass is 10.1. The normalized spacial score (nSPS) is 12.0. The molecule has 5 aromatic rings. The van der Waals surface area contributed by atoms with Gasteiger partial charge in [0.15, 0.2) is 17.3 Å². The lowest BCUT2D eigenvalue weighted by molar-refractivity contribution is 0.316. The standard InChI is InChI=1S/C24H20IN9O/c1-14-4-8-22(31-30-14)28-17-5-7-21-20(11-17)27-13-33(21)23-9-6-19(16(3)35-25)24(29-23)34-15(2)10-18(12-26)32-34/h4-11,13,16H,1-3H3,(H,28,31)/t16-/m0/s1. The summed E-state index contributed by atoms with van der Waals surface area (Å²) >= 11 is 1.88. The predicted molar refractivity (Wildman–Crippen MR) is 139 cm³/mol. The van der Waals surface area contributed by atoms with E-state index in [-0.39, 0.29) is 6.10 Å². The Bertz CT molecular complexity index is 1570. The van der Waals surface area contributed by atoms with E-state index in [4.69, 9.17) is 8.05 Å². The first-order valence-electron chi connectivity index (χ1n) is 10.8. The van der Waals surface area contributed by atoms with Crippen molar-refractivity contribution in [3.63, 3.8) is 0 Å². The Morgan fingerprint density at radius 1 is 1.09 bits per heavy atom. The molecule has 0 aliphatic heterocycles. The maximum absolute atomic E-state index is 9.30. The summed E-state index contributed by atoms with van der Waals surface area (Å²) in [6.07, 6.45) is 1.51. The number of nitrogens with one attached hydrogen (secondary N) is 1. The molecule has 0 amide bonds. The number of anilines is 2. The van der Waals surface area contributed by atoms with Crippen LogP contribution in [0.2, 0.25) is 0 Å². The van der Waals surface area contributed by atoms with Crippen molar-refractivity contribution in [2.24, 2.45) is 0 Å². The molecule has 35 heavy (non-hydrogen) atoms. The largest absolute Gasteiger partial charge is 0.339 e. The van der Waals surface area contributed by atoms with Crippen LogP contribution in [-0.4, -0.2) is 34.5 Å². The second-order valence-electron chi connectivity index (χ2n) is 8.01. The molecule has 0 spiro atoms. The minimum Gasteiger partial charge on any atom is -0.339 e. The van der Waals surface area contributed by atoms with Gasteiger partial charge in [-0.1, -0.05) is 0 Å². The van der Waals surface area contributed by atoms with E-state index in [9.17, 15) is 5.26 Å². The monoisotopic (exact) mass is 577 g/mol. The van der Waals surface area contributed by atoms with Gasteiger partial charge in [0.2, 0.25) is 0 Å². The number of rotatable bonds is 6. The molecule has 0 radical (unpaired) electrons. The predicted octanol–water partition coefficient (Wildman–Crippen LogP) is 5.06. The molecule has 0 fully saturated rings.